The highest BCUT2D eigenvalue weighted by Crippen LogP contribution is 2.40. The molecule has 0 unspecified atom stereocenters. The lowest BCUT2D eigenvalue weighted by atomic mass is 9.86. The van der Waals surface area contributed by atoms with Crippen molar-refractivity contribution in [1.29, 1.82) is 0 Å². The molecule has 9 heteroatoms. The molecule has 0 aliphatic carbocycles. The molecular formula is C25H30F6NOP. The lowest BCUT2D eigenvalue weighted by Gasteiger charge is -2.36. The third kappa shape index (κ3) is 7.46. The molecular weight excluding hydrogens is 475 g/mol. The van der Waals surface area contributed by atoms with Gasteiger partial charge in [-0.15, -0.1) is 0 Å². The van der Waals surface area contributed by atoms with E-state index in [1.54, 1.807) is 20.8 Å². The van der Waals surface area contributed by atoms with Crippen LogP contribution in [0.3, 0.4) is 0 Å². The van der Waals surface area contributed by atoms with E-state index in [-0.39, 0.29) is 11.9 Å². The molecule has 0 aromatic heterocycles. The molecule has 1 N–H and O–H groups in total. The second-order valence-electron chi connectivity index (χ2n) is 10.3. The largest absolute Gasteiger partial charge is 0.416 e. The van der Waals surface area contributed by atoms with Gasteiger partial charge in [0.25, 0.3) is 0 Å². The third-order valence-electron chi connectivity index (χ3n) is 5.41. The minimum Gasteiger partial charge on any atom is -0.352 e. The summed E-state index contributed by atoms with van der Waals surface area (Å²) in [5, 5.41) is 4.23. The van der Waals surface area contributed by atoms with Crippen LogP contribution in [-0.2, 0) is 17.1 Å². The van der Waals surface area contributed by atoms with Gasteiger partial charge in [0.15, 0.2) is 0 Å². The number of amides is 1. The normalized spacial score (nSPS) is 14.3. The molecule has 0 heterocycles. The predicted octanol–water partition coefficient (Wildman–Crippen LogP) is 6.73. The first-order valence-corrected chi connectivity index (χ1v) is 12.3. The Hall–Kier alpha value is -2.08. The van der Waals surface area contributed by atoms with Crippen molar-refractivity contribution in [3.05, 3.63) is 59.7 Å². The molecule has 2 nitrogen and oxygen atoms in total. The Bertz CT molecular complexity index is 910. The van der Waals surface area contributed by atoms with Gasteiger partial charge < -0.3 is 5.32 Å². The summed E-state index contributed by atoms with van der Waals surface area (Å²) in [7, 11) is -1.37. The number of hydrogen-bond acceptors (Lipinski definition) is 1. The van der Waals surface area contributed by atoms with E-state index in [0.29, 0.717) is 16.8 Å². The fourth-order valence-electron chi connectivity index (χ4n) is 3.11. The molecule has 0 fully saturated rings. The van der Waals surface area contributed by atoms with Gasteiger partial charge in [-0.1, -0.05) is 65.8 Å². The molecule has 0 saturated heterocycles. The minimum absolute atomic E-state index is 0.179. The van der Waals surface area contributed by atoms with Crippen LogP contribution in [0.5, 0.6) is 0 Å². The molecule has 2 rings (SSSR count). The lowest BCUT2D eigenvalue weighted by molar-refractivity contribution is -0.138. The number of nitrogens with one attached hydrogen (secondary N) is 1. The Morgan fingerprint density at radius 3 is 1.35 bits per heavy atom. The molecule has 0 spiro atoms. The Balaban J connectivity index is 2.52. The van der Waals surface area contributed by atoms with E-state index in [9.17, 15) is 31.1 Å². The number of halogens is 6. The zero-order valence-electron chi connectivity index (χ0n) is 20.0. The first-order valence-electron chi connectivity index (χ1n) is 10.7. The van der Waals surface area contributed by atoms with Crippen molar-refractivity contribution in [2.45, 2.75) is 59.9 Å². The fraction of sp³-hybridized carbons (Fsp3) is 0.480. The zero-order chi connectivity index (χ0) is 26.1. The van der Waals surface area contributed by atoms with Crippen molar-refractivity contribution in [2.75, 3.05) is 6.16 Å². The van der Waals surface area contributed by atoms with E-state index >= 15 is 0 Å². The molecule has 2 aromatic rings. The number of alkyl halides is 6. The van der Waals surface area contributed by atoms with Gasteiger partial charge in [0, 0.05) is 11.5 Å². The Kier molecular flexibility index (Phi) is 8.19. The maximum absolute atomic E-state index is 13.1. The quantitative estimate of drug-likeness (QED) is 0.354. The zero-order valence-corrected chi connectivity index (χ0v) is 20.9. The van der Waals surface area contributed by atoms with Crippen molar-refractivity contribution in [1.82, 2.24) is 5.32 Å². The average molecular weight is 505 g/mol. The summed E-state index contributed by atoms with van der Waals surface area (Å²) in [5.74, 6) is -0.179. The van der Waals surface area contributed by atoms with Crippen LogP contribution in [0.1, 0.15) is 52.7 Å². The van der Waals surface area contributed by atoms with Crippen molar-refractivity contribution < 1.29 is 31.1 Å². The molecule has 0 aliphatic heterocycles. The molecule has 0 radical (unpaired) electrons. The maximum atomic E-state index is 13.1. The van der Waals surface area contributed by atoms with Gasteiger partial charge >= 0.3 is 12.4 Å². The minimum atomic E-state index is -4.50. The van der Waals surface area contributed by atoms with Gasteiger partial charge in [-0.05, 0) is 54.4 Å². The monoisotopic (exact) mass is 505 g/mol. The number of benzene rings is 2. The summed E-state index contributed by atoms with van der Waals surface area (Å²) in [4.78, 5) is 12.7. The Morgan fingerprint density at radius 1 is 0.735 bits per heavy atom. The molecule has 1 atom stereocenters. The van der Waals surface area contributed by atoms with Crippen molar-refractivity contribution in [3.63, 3.8) is 0 Å². The van der Waals surface area contributed by atoms with E-state index in [4.69, 9.17) is 0 Å². The summed E-state index contributed by atoms with van der Waals surface area (Å²) < 4.78 is 78.4. The molecule has 1 amide bonds. The topological polar surface area (TPSA) is 29.1 Å². The second kappa shape index (κ2) is 9.88. The molecule has 188 valence electrons. The molecule has 0 bridgehead atoms. The van der Waals surface area contributed by atoms with Crippen LogP contribution in [0.4, 0.5) is 26.3 Å². The SMILES string of the molecule is CC(C)(C)C(=O)N[C@H](CP(c1ccc(C(F)(F)F)cc1)c1ccc(C(F)(F)F)cc1)C(C)(C)C. The molecule has 0 aliphatic rings. The van der Waals surface area contributed by atoms with Crippen LogP contribution in [0.25, 0.3) is 0 Å². The van der Waals surface area contributed by atoms with E-state index in [2.05, 4.69) is 5.32 Å². The van der Waals surface area contributed by atoms with Gasteiger partial charge in [-0.2, -0.15) is 26.3 Å². The highest BCUT2D eigenvalue weighted by Gasteiger charge is 2.35. The summed E-state index contributed by atoms with van der Waals surface area (Å²) in [6.45, 7) is 11.1. The second-order valence-corrected chi connectivity index (χ2v) is 12.6. The van der Waals surface area contributed by atoms with Crippen molar-refractivity contribution in [2.24, 2.45) is 10.8 Å². The predicted molar refractivity (Wildman–Crippen MR) is 125 cm³/mol. The standard InChI is InChI=1S/C25H30F6NOP/c1-22(2,3)20(32-21(33)23(4,5)6)15-34(18-11-7-16(8-12-18)24(26,27)28)19-13-9-17(10-14-19)25(29,30)31/h7-14,20H,15H2,1-6H3,(H,32,33)/t20-/m1/s1. The van der Waals surface area contributed by atoms with E-state index in [0.717, 1.165) is 24.3 Å². The van der Waals surface area contributed by atoms with Crippen molar-refractivity contribution in [3.8, 4) is 0 Å². The van der Waals surface area contributed by atoms with E-state index in [1.165, 1.54) is 24.3 Å². The molecule has 2 aromatic carbocycles. The first-order chi connectivity index (χ1) is 15.3. The van der Waals surface area contributed by atoms with Gasteiger partial charge in [0.2, 0.25) is 5.91 Å². The van der Waals surface area contributed by atoms with E-state index < -0.39 is 42.2 Å². The average Bonchev–Trinajstić information content (AvgIpc) is 2.68. The fourth-order valence-corrected chi connectivity index (χ4v) is 5.86. The number of hydrogen-bond donors (Lipinski definition) is 1. The Morgan fingerprint density at radius 2 is 1.09 bits per heavy atom. The summed E-state index contributed by atoms with van der Waals surface area (Å²) >= 11 is 0. The summed E-state index contributed by atoms with van der Waals surface area (Å²) in [6, 6.07) is 9.05. The van der Waals surface area contributed by atoms with Crippen LogP contribution in [0.2, 0.25) is 0 Å². The number of rotatable bonds is 5. The van der Waals surface area contributed by atoms with Crippen LogP contribution in [-0.4, -0.2) is 18.1 Å². The molecule has 34 heavy (non-hydrogen) atoms. The Labute approximate surface area is 197 Å². The summed E-state index contributed by atoms with van der Waals surface area (Å²) in [6.07, 6.45) is -8.63. The highest BCUT2D eigenvalue weighted by atomic mass is 31.1. The van der Waals surface area contributed by atoms with Crippen LogP contribution in [0.15, 0.2) is 48.5 Å². The lowest BCUT2D eigenvalue weighted by Crippen LogP contribution is -2.50. The van der Waals surface area contributed by atoms with Gasteiger partial charge in [0.1, 0.15) is 0 Å². The maximum Gasteiger partial charge on any atom is 0.416 e. The van der Waals surface area contributed by atoms with Crippen LogP contribution < -0.4 is 15.9 Å². The summed E-state index contributed by atoms with van der Waals surface area (Å²) in [5.41, 5.74) is -2.66. The van der Waals surface area contributed by atoms with Gasteiger partial charge in [-0.25, -0.2) is 0 Å². The molecule has 0 saturated carbocycles. The van der Waals surface area contributed by atoms with Gasteiger partial charge in [-0.3, -0.25) is 4.79 Å². The van der Waals surface area contributed by atoms with Crippen molar-refractivity contribution >= 4 is 24.4 Å². The van der Waals surface area contributed by atoms with Gasteiger partial charge in [0.05, 0.1) is 11.1 Å². The smallest absolute Gasteiger partial charge is 0.352 e. The van der Waals surface area contributed by atoms with Crippen LogP contribution in [0, 0.1) is 10.8 Å². The highest BCUT2D eigenvalue weighted by molar-refractivity contribution is 7.73. The third-order valence-corrected chi connectivity index (χ3v) is 7.98. The van der Waals surface area contributed by atoms with Crippen LogP contribution >= 0.6 is 7.92 Å². The number of carbonyl (C=O) groups excluding carboxylic acids is 1. The van der Waals surface area contributed by atoms with E-state index in [1.807, 2.05) is 20.8 Å². The number of carbonyl (C=O) groups is 1. The first kappa shape index (κ1) is 28.2.